The fraction of sp³-hybridized carbons (Fsp3) is 0.429. The van der Waals surface area contributed by atoms with Crippen LogP contribution in [0.15, 0.2) is 30.7 Å². The van der Waals surface area contributed by atoms with E-state index in [0.717, 1.165) is 44.1 Å². The van der Waals surface area contributed by atoms with Crippen LogP contribution in [0.1, 0.15) is 33.1 Å². The van der Waals surface area contributed by atoms with Crippen molar-refractivity contribution in [3.63, 3.8) is 0 Å². The summed E-state index contributed by atoms with van der Waals surface area (Å²) in [7, 11) is 0. The van der Waals surface area contributed by atoms with Gasteiger partial charge in [0, 0.05) is 19.1 Å². The quantitative estimate of drug-likeness (QED) is 0.420. The lowest BCUT2D eigenvalue weighted by Crippen LogP contribution is -2.27. The van der Waals surface area contributed by atoms with Gasteiger partial charge in [0.2, 0.25) is 0 Å². The Hall–Kier alpha value is -0.400. The minimum atomic E-state index is -0.168. The molecule has 21 heavy (non-hydrogen) atoms. The highest BCUT2D eigenvalue weighted by Gasteiger charge is 2.08. The molecule has 1 rings (SSSR count). The van der Waals surface area contributed by atoms with Crippen LogP contribution in [-0.2, 0) is 4.79 Å². The first-order chi connectivity index (χ1) is 9.97. The van der Waals surface area contributed by atoms with Crippen LogP contribution in [0.3, 0.4) is 0 Å². The number of nitrogens with zero attached hydrogens (tertiary/aromatic N) is 1. The Bertz CT molecular complexity index is 509. The predicted molar refractivity (Wildman–Crippen MR) is 98.8 cm³/mol. The SMILES string of the molecule is CCC/C(CC)=N/NC(=O)CNc1c(Br)cc(Br)cc1Br. The van der Waals surface area contributed by atoms with Crippen molar-refractivity contribution < 1.29 is 4.79 Å². The van der Waals surface area contributed by atoms with Crippen molar-refractivity contribution in [1.29, 1.82) is 0 Å². The van der Waals surface area contributed by atoms with E-state index in [9.17, 15) is 4.79 Å². The maximum Gasteiger partial charge on any atom is 0.259 e. The summed E-state index contributed by atoms with van der Waals surface area (Å²) in [4.78, 5) is 11.8. The molecular weight excluding hydrogens is 466 g/mol. The summed E-state index contributed by atoms with van der Waals surface area (Å²) in [5.74, 6) is -0.168. The standard InChI is InChI=1S/C14H18Br3N3O/c1-3-5-10(4-2)19-20-13(21)8-18-14-11(16)6-9(15)7-12(14)17/h6-7,18H,3-5,8H2,1-2H3,(H,20,21)/b19-10+. The summed E-state index contributed by atoms with van der Waals surface area (Å²) in [6.07, 6.45) is 2.79. The Morgan fingerprint density at radius 3 is 2.33 bits per heavy atom. The molecule has 0 fully saturated rings. The van der Waals surface area contributed by atoms with Crippen molar-refractivity contribution in [2.45, 2.75) is 33.1 Å². The van der Waals surface area contributed by atoms with Gasteiger partial charge in [0.05, 0.1) is 12.2 Å². The highest BCUT2D eigenvalue weighted by molar-refractivity contribution is 9.11. The maximum absolute atomic E-state index is 11.8. The number of anilines is 1. The van der Waals surface area contributed by atoms with Crippen LogP contribution in [0, 0.1) is 0 Å². The van der Waals surface area contributed by atoms with Crippen LogP contribution in [0.4, 0.5) is 5.69 Å². The van der Waals surface area contributed by atoms with Gasteiger partial charge in [0.1, 0.15) is 0 Å². The average Bonchev–Trinajstić information content (AvgIpc) is 2.42. The van der Waals surface area contributed by atoms with Crippen LogP contribution < -0.4 is 10.7 Å². The number of halogens is 3. The minimum Gasteiger partial charge on any atom is -0.374 e. The number of carbonyl (C=O) groups excluding carboxylic acids is 1. The molecule has 0 unspecified atom stereocenters. The largest absolute Gasteiger partial charge is 0.374 e. The molecule has 0 atom stereocenters. The molecule has 0 heterocycles. The number of rotatable bonds is 7. The number of hydrogen-bond donors (Lipinski definition) is 2. The first-order valence-electron chi connectivity index (χ1n) is 6.70. The lowest BCUT2D eigenvalue weighted by molar-refractivity contribution is -0.119. The zero-order chi connectivity index (χ0) is 15.8. The van der Waals surface area contributed by atoms with Gasteiger partial charge in [0.25, 0.3) is 5.91 Å². The van der Waals surface area contributed by atoms with E-state index < -0.39 is 0 Å². The smallest absolute Gasteiger partial charge is 0.259 e. The molecule has 0 spiro atoms. The molecule has 7 heteroatoms. The molecule has 0 aliphatic carbocycles. The first-order valence-corrected chi connectivity index (χ1v) is 9.08. The van der Waals surface area contributed by atoms with Crippen LogP contribution in [-0.4, -0.2) is 18.2 Å². The van der Waals surface area contributed by atoms with Gasteiger partial charge in [-0.05, 0) is 56.8 Å². The lowest BCUT2D eigenvalue weighted by atomic mass is 10.2. The molecular formula is C14H18Br3N3O. The van der Waals surface area contributed by atoms with Crippen molar-refractivity contribution in [2.75, 3.05) is 11.9 Å². The first kappa shape index (κ1) is 18.6. The van der Waals surface area contributed by atoms with Gasteiger partial charge in [0.15, 0.2) is 0 Å². The average molecular weight is 484 g/mol. The van der Waals surface area contributed by atoms with Crippen molar-refractivity contribution in [3.05, 3.63) is 25.6 Å². The van der Waals surface area contributed by atoms with Gasteiger partial charge < -0.3 is 5.32 Å². The molecule has 0 aromatic heterocycles. The molecule has 1 aromatic carbocycles. The summed E-state index contributed by atoms with van der Waals surface area (Å²) < 4.78 is 2.70. The molecule has 1 aromatic rings. The highest BCUT2D eigenvalue weighted by atomic mass is 79.9. The fourth-order valence-corrected chi connectivity index (χ4v) is 4.20. The fourth-order valence-electron chi connectivity index (χ4n) is 1.66. The second kappa shape index (κ2) is 9.58. The number of carbonyl (C=O) groups is 1. The van der Waals surface area contributed by atoms with E-state index in [4.69, 9.17) is 0 Å². The summed E-state index contributed by atoms with van der Waals surface area (Å²) >= 11 is 10.3. The molecule has 0 aliphatic rings. The molecule has 0 saturated carbocycles. The van der Waals surface area contributed by atoms with Gasteiger partial charge in [-0.25, -0.2) is 5.43 Å². The third-order valence-corrected chi connectivity index (χ3v) is 4.43. The lowest BCUT2D eigenvalue weighted by Gasteiger charge is -2.11. The number of amides is 1. The van der Waals surface area contributed by atoms with Gasteiger partial charge in [-0.2, -0.15) is 5.10 Å². The Labute approximate surface area is 150 Å². The second-order valence-electron chi connectivity index (χ2n) is 4.41. The van der Waals surface area contributed by atoms with Crippen molar-refractivity contribution in [2.24, 2.45) is 5.10 Å². The summed E-state index contributed by atoms with van der Waals surface area (Å²) in [6, 6.07) is 3.83. The molecule has 1 amide bonds. The van der Waals surface area contributed by atoms with Crippen LogP contribution >= 0.6 is 47.8 Å². The zero-order valence-electron chi connectivity index (χ0n) is 12.0. The van der Waals surface area contributed by atoms with E-state index in [0.29, 0.717) is 0 Å². The predicted octanol–water partition coefficient (Wildman–Crippen LogP) is 5.07. The highest BCUT2D eigenvalue weighted by Crippen LogP contribution is 2.34. The zero-order valence-corrected chi connectivity index (χ0v) is 16.7. The van der Waals surface area contributed by atoms with E-state index in [1.165, 1.54) is 0 Å². The van der Waals surface area contributed by atoms with Gasteiger partial charge in [-0.3, -0.25) is 4.79 Å². The van der Waals surface area contributed by atoms with Crippen LogP contribution in [0.25, 0.3) is 0 Å². The van der Waals surface area contributed by atoms with E-state index >= 15 is 0 Å². The Morgan fingerprint density at radius 1 is 1.19 bits per heavy atom. The topological polar surface area (TPSA) is 53.5 Å². The summed E-state index contributed by atoms with van der Waals surface area (Å²) in [6.45, 7) is 4.29. The van der Waals surface area contributed by atoms with Gasteiger partial charge in [-0.1, -0.05) is 36.2 Å². The molecule has 0 aliphatic heterocycles. The summed E-state index contributed by atoms with van der Waals surface area (Å²) in [5, 5.41) is 7.24. The molecule has 0 saturated heterocycles. The molecule has 4 nitrogen and oxygen atoms in total. The van der Waals surface area contributed by atoms with Gasteiger partial charge in [-0.15, -0.1) is 0 Å². The van der Waals surface area contributed by atoms with E-state index in [1.54, 1.807) is 0 Å². The van der Waals surface area contributed by atoms with Crippen LogP contribution in [0.5, 0.6) is 0 Å². The van der Waals surface area contributed by atoms with E-state index in [1.807, 2.05) is 19.1 Å². The van der Waals surface area contributed by atoms with Crippen LogP contribution in [0.2, 0.25) is 0 Å². The summed E-state index contributed by atoms with van der Waals surface area (Å²) in [5.41, 5.74) is 4.43. The van der Waals surface area contributed by atoms with Crippen molar-refractivity contribution in [1.82, 2.24) is 5.43 Å². The molecule has 2 N–H and O–H groups in total. The van der Waals surface area contributed by atoms with Crippen molar-refractivity contribution in [3.8, 4) is 0 Å². The number of nitrogens with one attached hydrogen (secondary N) is 2. The Morgan fingerprint density at radius 2 is 1.81 bits per heavy atom. The maximum atomic E-state index is 11.8. The van der Waals surface area contributed by atoms with E-state index in [-0.39, 0.29) is 12.5 Å². The normalized spacial score (nSPS) is 11.4. The third kappa shape index (κ3) is 6.48. The van der Waals surface area contributed by atoms with Crippen molar-refractivity contribution >= 4 is 65.1 Å². The third-order valence-electron chi connectivity index (χ3n) is 2.72. The van der Waals surface area contributed by atoms with E-state index in [2.05, 4.69) is 70.6 Å². The second-order valence-corrected chi connectivity index (χ2v) is 7.04. The number of hydrogen-bond acceptors (Lipinski definition) is 3. The Balaban J connectivity index is 2.58. The molecule has 0 bridgehead atoms. The molecule has 116 valence electrons. The Kier molecular flexibility index (Phi) is 8.51. The van der Waals surface area contributed by atoms with Gasteiger partial charge >= 0.3 is 0 Å². The monoisotopic (exact) mass is 481 g/mol. The number of benzene rings is 1. The number of hydrazone groups is 1. The minimum absolute atomic E-state index is 0.158. The molecule has 0 radical (unpaired) electrons.